The molecule has 1 N–H and O–H groups in total. The van der Waals surface area contributed by atoms with E-state index in [9.17, 15) is 4.79 Å². The second-order valence-electron chi connectivity index (χ2n) is 6.97. The fourth-order valence-electron chi connectivity index (χ4n) is 3.59. The molecular formula is C20H25N5OS. The largest absolute Gasteiger partial charge is 0.371 e. The van der Waals surface area contributed by atoms with Crippen LogP contribution in [-0.2, 0) is 13.0 Å². The maximum absolute atomic E-state index is 12.3. The number of piperidine rings is 1. The van der Waals surface area contributed by atoms with Crippen molar-refractivity contribution in [3.05, 3.63) is 51.9 Å². The van der Waals surface area contributed by atoms with Crippen LogP contribution in [0.15, 0.2) is 35.1 Å². The first kappa shape index (κ1) is 18.0. The van der Waals surface area contributed by atoms with Gasteiger partial charge in [-0.2, -0.15) is 4.52 Å². The standard InChI is InChI=1S/C20H25N5OS/c1-2-8-16-13-18(26)25-20(22-16)27-19(23-25)21-14-15-9-4-5-10-17(15)24-11-6-3-7-12-24/h4-5,9-10,13H,2-3,6-8,11-12,14H2,1H3,(H,21,23). The molecular weight excluding hydrogens is 358 g/mol. The van der Waals surface area contributed by atoms with Gasteiger partial charge in [-0.05, 0) is 37.3 Å². The van der Waals surface area contributed by atoms with Gasteiger partial charge in [0.15, 0.2) is 0 Å². The van der Waals surface area contributed by atoms with Gasteiger partial charge in [0.2, 0.25) is 10.1 Å². The smallest absolute Gasteiger partial charge is 0.275 e. The van der Waals surface area contributed by atoms with Crippen molar-refractivity contribution in [2.24, 2.45) is 0 Å². The number of rotatable bonds is 6. The Kier molecular flexibility index (Phi) is 5.38. The third-order valence-corrected chi connectivity index (χ3v) is 5.79. The van der Waals surface area contributed by atoms with Gasteiger partial charge in [-0.3, -0.25) is 4.79 Å². The van der Waals surface area contributed by atoms with Crippen LogP contribution in [0.2, 0.25) is 0 Å². The van der Waals surface area contributed by atoms with Crippen molar-refractivity contribution in [1.29, 1.82) is 0 Å². The van der Waals surface area contributed by atoms with Gasteiger partial charge in [0, 0.05) is 37.1 Å². The highest BCUT2D eigenvalue weighted by Gasteiger charge is 2.15. The van der Waals surface area contributed by atoms with Crippen LogP contribution >= 0.6 is 11.3 Å². The first-order valence-corrected chi connectivity index (χ1v) is 10.5. The maximum Gasteiger partial charge on any atom is 0.275 e. The van der Waals surface area contributed by atoms with Gasteiger partial charge in [0.25, 0.3) is 5.56 Å². The van der Waals surface area contributed by atoms with Crippen LogP contribution in [0.25, 0.3) is 4.96 Å². The molecule has 1 saturated heterocycles. The number of hydrogen-bond donors (Lipinski definition) is 1. The molecule has 3 aromatic rings. The van der Waals surface area contributed by atoms with E-state index in [1.165, 1.54) is 46.4 Å². The molecule has 4 rings (SSSR count). The number of anilines is 2. The Balaban J connectivity index is 1.54. The molecule has 3 heterocycles. The lowest BCUT2D eigenvalue weighted by molar-refractivity contribution is 0.576. The zero-order chi connectivity index (χ0) is 18.6. The van der Waals surface area contributed by atoms with E-state index in [-0.39, 0.29) is 5.56 Å². The van der Waals surface area contributed by atoms with E-state index in [2.05, 4.69) is 51.5 Å². The third kappa shape index (κ3) is 3.98. The van der Waals surface area contributed by atoms with Crippen LogP contribution < -0.4 is 15.8 Å². The molecule has 0 unspecified atom stereocenters. The highest BCUT2D eigenvalue weighted by molar-refractivity contribution is 7.20. The zero-order valence-electron chi connectivity index (χ0n) is 15.6. The molecule has 1 fully saturated rings. The minimum absolute atomic E-state index is 0.110. The van der Waals surface area contributed by atoms with E-state index < -0.39 is 0 Å². The Bertz CT molecular complexity index is 974. The lowest BCUT2D eigenvalue weighted by Crippen LogP contribution is -2.30. The van der Waals surface area contributed by atoms with Gasteiger partial charge in [-0.15, -0.1) is 5.10 Å². The summed E-state index contributed by atoms with van der Waals surface area (Å²) >= 11 is 1.43. The van der Waals surface area contributed by atoms with E-state index in [1.54, 1.807) is 6.07 Å². The van der Waals surface area contributed by atoms with Crippen molar-refractivity contribution in [1.82, 2.24) is 14.6 Å². The molecule has 1 aliphatic heterocycles. The Morgan fingerprint density at radius 2 is 2.00 bits per heavy atom. The number of nitrogens with zero attached hydrogens (tertiary/aromatic N) is 4. The van der Waals surface area contributed by atoms with Crippen LogP contribution in [0.4, 0.5) is 10.8 Å². The molecule has 1 aliphatic rings. The molecule has 7 heteroatoms. The maximum atomic E-state index is 12.3. The number of hydrogen-bond acceptors (Lipinski definition) is 6. The normalized spacial score (nSPS) is 14.6. The summed E-state index contributed by atoms with van der Waals surface area (Å²) in [6, 6.07) is 10.1. The van der Waals surface area contributed by atoms with Crippen LogP contribution in [0, 0.1) is 0 Å². The predicted molar refractivity (Wildman–Crippen MR) is 111 cm³/mol. The van der Waals surface area contributed by atoms with E-state index in [0.717, 1.165) is 36.8 Å². The second kappa shape index (κ2) is 8.08. The average Bonchev–Trinajstić information content (AvgIpc) is 3.11. The summed E-state index contributed by atoms with van der Waals surface area (Å²) in [5, 5.41) is 8.52. The summed E-state index contributed by atoms with van der Waals surface area (Å²) in [6.45, 7) is 5.02. The summed E-state index contributed by atoms with van der Waals surface area (Å²) in [6.07, 6.45) is 5.63. The van der Waals surface area contributed by atoms with Gasteiger partial charge in [0.1, 0.15) is 0 Å². The van der Waals surface area contributed by atoms with E-state index >= 15 is 0 Å². The molecule has 142 valence electrons. The van der Waals surface area contributed by atoms with Crippen molar-refractivity contribution >= 4 is 27.1 Å². The first-order valence-electron chi connectivity index (χ1n) is 9.71. The summed E-state index contributed by atoms with van der Waals surface area (Å²) in [5.74, 6) is 0. The molecule has 0 saturated carbocycles. The number of aromatic nitrogens is 3. The zero-order valence-corrected chi connectivity index (χ0v) is 16.5. The minimum Gasteiger partial charge on any atom is -0.371 e. The topological polar surface area (TPSA) is 62.5 Å². The number of nitrogens with one attached hydrogen (secondary N) is 1. The predicted octanol–water partition coefficient (Wildman–Crippen LogP) is 3.71. The SMILES string of the molecule is CCCc1cc(=O)n2nc(NCc3ccccc3N3CCCCC3)sc2n1. The van der Waals surface area contributed by atoms with E-state index in [4.69, 9.17) is 0 Å². The van der Waals surface area contributed by atoms with Gasteiger partial charge >= 0.3 is 0 Å². The molecule has 0 aliphatic carbocycles. The number of aryl methyl sites for hydroxylation is 1. The van der Waals surface area contributed by atoms with Gasteiger partial charge in [-0.1, -0.05) is 42.9 Å². The Morgan fingerprint density at radius 1 is 1.19 bits per heavy atom. The van der Waals surface area contributed by atoms with Gasteiger partial charge in [0.05, 0.1) is 0 Å². The number of para-hydroxylation sites is 1. The van der Waals surface area contributed by atoms with E-state index in [1.807, 2.05) is 0 Å². The molecule has 2 aromatic heterocycles. The minimum atomic E-state index is -0.110. The Morgan fingerprint density at radius 3 is 2.81 bits per heavy atom. The monoisotopic (exact) mass is 383 g/mol. The number of fused-ring (bicyclic) bond motifs is 1. The van der Waals surface area contributed by atoms with E-state index in [0.29, 0.717) is 11.5 Å². The average molecular weight is 384 g/mol. The first-order chi connectivity index (χ1) is 13.2. The molecule has 0 bridgehead atoms. The third-order valence-electron chi connectivity index (χ3n) is 4.92. The Labute approximate surface area is 162 Å². The fourth-order valence-corrected chi connectivity index (χ4v) is 4.41. The summed E-state index contributed by atoms with van der Waals surface area (Å²) in [7, 11) is 0. The van der Waals surface area contributed by atoms with Crippen molar-refractivity contribution in [3.63, 3.8) is 0 Å². The van der Waals surface area contributed by atoms with Crippen LogP contribution in [0.3, 0.4) is 0 Å². The van der Waals surface area contributed by atoms with Crippen LogP contribution in [0.5, 0.6) is 0 Å². The lowest BCUT2D eigenvalue weighted by atomic mass is 10.1. The quantitative estimate of drug-likeness (QED) is 0.703. The van der Waals surface area contributed by atoms with Crippen LogP contribution in [0.1, 0.15) is 43.9 Å². The summed E-state index contributed by atoms with van der Waals surface area (Å²) in [4.78, 5) is 19.9. The highest BCUT2D eigenvalue weighted by atomic mass is 32.1. The molecule has 6 nitrogen and oxygen atoms in total. The lowest BCUT2D eigenvalue weighted by Gasteiger charge is -2.30. The summed E-state index contributed by atoms with van der Waals surface area (Å²) < 4.78 is 1.39. The number of benzene rings is 1. The van der Waals surface area contributed by atoms with Crippen molar-refractivity contribution in [2.45, 2.75) is 45.6 Å². The molecule has 0 atom stereocenters. The molecule has 1 aromatic carbocycles. The van der Waals surface area contributed by atoms with Crippen LogP contribution in [-0.4, -0.2) is 27.7 Å². The van der Waals surface area contributed by atoms with Crippen molar-refractivity contribution in [3.8, 4) is 0 Å². The Hall–Kier alpha value is -2.41. The fraction of sp³-hybridized carbons (Fsp3) is 0.450. The summed E-state index contributed by atoms with van der Waals surface area (Å²) in [5.41, 5.74) is 3.28. The second-order valence-corrected chi connectivity index (χ2v) is 7.92. The molecule has 0 amide bonds. The highest BCUT2D eigenvalue weighted by Crippen LogP contribution is 2.25. The van der Waals surface area contributed by atoms with Crippen molar-refractivity contribution in [2.75, 3.05) is 23.3 Å². The molecule has 27 heavy (non-hydrogen) atoms. The van der Waals surface area contributed by atoms with Crippen molar-refractivity contribution < 1.29 is 0 Å². The van der Waals surface area contributed by atoms with Gasteiger partial charge in [-0.25, -0.2) is 4.98 Å². The molecule has 0 radical (unpaired) electrons. The van der Waals surface area contributed by atoms with Gasteiger partial charge < -0.3 is 10.2 Å². The molecule has 0 spiro atoms.